The summed E-state index contributed by atoms with van der Waals surface area (Å²) in [5, 5.41) is 3.36. The topological polar surface area (TPSA) is 21.3 Å². The van der Waals surface area contributed by atoms with Crippen molar-refractivity contribution in [1.29, 1.82) is 0 Å². The van der Waals surface area contributed by atoms with Crippen LogP contribution in [0.25, 0.3) is 0 Å². The molecule has 1 N–H and O–H groups in total. The zero-order valence-electron chi connectivity index (χ0n) is 12.4. The molecule has 2 aromatic carbocycles. The van der Waals surface area contributed by atoms with Crippen LogP contribution in [-0.4, -0.2) is 20.3 Å². The van der Waals surface area contributed by atoms with E-state index in [2.05, 4.69) is 70.6 Å². The van der Waals surface area contributed by atoms with E-state index in [-0.39, 0.29) is 0 Å². The SMILES string of the molecule is COCCNCc1ccc(Sc2ccc(C)cc2)cc1Br. The minimum Gasteiger partial charge on any atom is -0.383 e. The molecule has 112 valence electrons. The number of halogens is 1. The Morgan fingerprint density at radius 1 is 1.10 bits per heavy atom. The lowest BCUT2D eigenvalue weighted by Gasteiger charge is -2.09. The average molecular weight is 366 g/mol. The second-order valence-corrected chi connectivity index (χ2v) is 6.84. The molecule has 0 saturated heterocycles. The summed E-state index contributed by atoms with van der Waals surface area (Å²) < 4.78 is 6.17. The monoisotopic (exact) mass is 365 g/mol. The molecule has 0 spiro atoms. The molecule has 0 fully saturated rings. The third kappa shape index (κ3) is 5.47. The smallest absolute Gasteiger partial charge is 0.0587 e. The molecule has 2 nitrogen and oxygen atoms in total. The standard InChI is InChI=1S/C17H20BrNOS/c1-13-3-6-15(7-4-13)21-16-8-5-14(17(18)11-16)12-19-9-10-20-2/h3-8,11,19H,9-10,12H2,1-2H3. The molecule has 21 heavy (non-hydrogen) atoms. The summed E-state index contributed by atoms with van der Waals surface area (Å²) in [6.45, 7) is 4.55. The van der Waals surface area contributed by atoms with Gasteiger partial charge in [0.05, 0.1) is 6.61 Å². The van der Waals surface area contributed by atoms with Gasteiger partial charge in [0.25, 0.3) is 0 Å². The fourth-order valence-electron chi connectivity index (χ4n) is 1.87. The summed E-state index contributed by atoms with van der Waals surface area (Å²) in [4.78, 5) is 2.50. The Labute approximate surface area is 139 Å². The number of ether oxygens (including phenoxy) is 1. The van der Waals surface area contributed by atoms with Crippen LogP contribution in [0.4, 0.5) is 0 Å². The van der Waals surface area contributed by atoms with Crippen molar-refractivity contribution < 1.29 is 4.74 Å². The third-order valence-electron chi connectivity index (χ3n) is 3.08. The van der Waals surface area contributed by atoms with E-state index in [1.54, 1.807) is 18.9 Å². The summed E-state index contributed by atoms with van der Waals surface area (Å²) in [7, 11) is 1.72. The first-order valence-electron chi connectivity index (χ1n) is 6.91. The lowest BCUT2D eigenvalue weighted by atomic mass is 10.2. The number of hydrogen-bond donors (Lipinski definition) is 1. The van der Waals surface area contributed by atoms with Crippen molar-refractivity contribution in [2.24, 2.45) is 0 Å². The highest BCUT2D eigenvalue weighted by atomic mass is 79.9. The Morgan fingerprint density at radius 2 is 1.81 bits per heavy atom. The van der Waals surface area contributed by atoms with Crippen molar-refractivity contribution in [2.75, 3.05) is 20.3 Å². The molecule has 4 heteroatoms. The van der Waals surface area contributed by atoms with Crippen LogP contribution >= 0.6 is 27.7 Å². The largest absolute Gasteiger partial charge is 0.383 e. The minimum absolute atomic E-state index is 0.735. The molecular weight excluding hydrogens is 346 g/mol. The minimum atomic E-state index is 0.735. The Kier molecular flexibility index (Phi) is 6.77. The number of nitrogens with one attached hydrogen (secondary N) is 1. The lowest BCUT2D eigenvalue weighted by molar-refractivity contribution is 0.199. The van der Waals surface area contributed by atoms with Crippen LogP contribution in [0.3, 0.4) is 0 Å². The zero-order chi connectivity index (χ0) is 15.1. The number of aryl methyl sites for hydroxylation is 1. The van der Waals surface area contributed by atoms with Gasteiger partial charge in [-0.2, -0.15) is 0 Å². The predicted octanol–water partition coefficient (Wildman–Crippen LogP) is 4.64. The van der Waals surface area contributed by atoms with Gasteiger partial charge in [-0.25, -0.2) is 0 Å². The van der Waals surface area contributed by atoms with Crippen LogP contribution < -0.4 is 5.32 Å². The molecule has 0 bridgehead atoms. The fourth-order valence-corrected chi connectivity index (χ4v) is 3.40. The summed E-state index contributed by atoms with van der Waals surface area (Å²) >= 11 is 5.44. The van der Waals surface area contributed by atoms with Gasteiger partial charge in [-0.15, -0.1) is 0 Å². The van der Waals surface area contributed by atoms with Crippen molar-refractivity contribution >= 4 is 27.7 Å². The van der Waals surface area contributed by atoms with E-state index in [1.165, 1.54) is 20.9 Å². The van der Waals surface area contributed by atoms with Crippen molar-refractivity contribution in [1.82, 2.24) is 5.32 Å². The second kappa shape index (κ2) is 8.59. The van der Waals surface area contributed by atoms with Gasteiger partial charge in [0.1, 0.15) is 0 Å². The molecule has 0 radical (unpaired) electrons. The zero-order valence-corrected chi connectivity index (χ0v) is 14.8. The van der Waals surface area contributed by atoms with Crippen LogP contribution in [0.5, 0.6) is 0 Å². The Morgan fingerprint density at radius 3 is 2.48 bits per heavy atom. The quantitative estimate of drug-likeness (QED) is 0.721. The van der Waals surface area contributed by atoms with Crippen LogP contribution in [0, 0.1) is 6.92 Å². The lowest BCUT2D eigenvalue weighted by Crippen LogP contribution is -2.18. The van der Waals surface area contributed by atoms with Gasteiger partial charge in [-0.3, -0.25) is 0 Å². The van der Waals surface area contributed by atoms with Crippen LogP contribution in [0.1, 0.15) is 11.1 Å². The van der Waals surface area contributed by atoms with Crippen LogP contribution in [0.15, 0.2) is 56.7 Å². The number of rotatable bonds is 7. The van der Waals surface area contributed by atoms with Crippen molar-refractivity contribution in [2.45, 2.75) is 23.3 Å². The average Bonchev–Trinajstić information content (AvgIpc) is 2.48. The Hall–Kier alpha value is -0.810. The number of hydrogen-bond acceptors (Lipinski definition) is 3. The summed E-state index contributed by atoms with van der Waals surface area (Å²) in [6.07, 6.45) is 0. The van der Waals surface area contributed by atoms with E-state index in [9.17, 15) is 0 Å². The third-order valence-corrected chi connectivity index (χ3v) is 4.82. The molecule has 0 aliphatic carbocycles. The van der Waals surface area contributed by atoms with Crippen molar-refractivity contribution in [3.05, 3.63) is 58.1 Å². The molecule has 0 aliphatic rings. The van der Waals surface area contributed by atoms with Crippen LogP contribution in [-0.2, 0) is 11.3 Å². The molecule has 0 aromatic heterocycles. The first-order valence-corrected chi connectivity index (χ1v) is 8.52. The summed E-state index contributed by atoms with van der Waals surface area (Å²) in [6, 6.07) is 15.1. The van der Waals surface area contributed by atoms with Crippen molar-refractivity contribution in [3.8, 4) is 0 Å². The maximum absolute atomic E-state index is 5.03. The molecule has 0 unspecified atom stereocenters. The molecule has 0 aliphatic heterocycles. The van der Waals surface area contributed by atoms with Gasteiger partial charge < -0.3 is 10.1 Å². The van der Waals surface area contributed by atoms with Crippen LogP contribution in [0.2, 0.25) is 0 Å². The van der Waals surface area contributed by atoms with Gasteiger partial charge in [0.2, 0.25) is 0 Å². The highest BCUT2D eigenvalue weighted by Crippen LogP contribution is 2.31. The van der Waals surface area contributed by atoms with E-state index in [0.29, 0.717) is 0 Å². The van der Waals surface area contributed by atoms with Gasteiger partial charge in [-0.05, 0) is 36.8 Å². The number of benzene rings is 2. The second-order valence-electron chi connectivity index (χ2n) is 4.84. The van der Waals surface area contributed by atoms with Gasteiger partial charge >= 0.3 is 0 Å². The van der Waals surface area contributed by atoms with E-state index in [1.807, 2.05) is 0 Å². The number of methoxy groups -OCH3 is 1. The first-order chi connectivity index (χ1) is 10.2. The van der Waals surface area contributed by atoms with Gasteiger partial charge in [0.15, 0.2) is 0 Å². The Balaban J connectivity index is 1.96. The van der Waals surface area contributed by atoms with E-state index < -0.39 is 0 Å². The molecule has 0 amide bonds. The highest BCUT2D eigenvalue weighted by Gasteiger charge is 2.03. The van der Waals surface area contributed by atoms with E-state index >= 15 is 0 Å². The molecule has 2 rings (SSSR count). The maximum Gasteiger partial charge on any atom is 0.0587 e. The van der Waals surface area contributed by atoms with E-state index in [0.717, 1.165) is 24.2 Å². The maximum atomic E-state index is 5.03. The van der Waals surface area contributed by atoms with Gasteiger partial charge in [0, 0.05) is 34.5 Å². The Bertz CT molecular complexity index is 572. The van der Waals surface area contributed by atoms with E-state index in [4.69, 9.17) is 4.74 Å². The normalized spacial score (nSPS) is 10.8. The molecule has 0 saturated carbocycles. The summed E-state index contributed by atoms with van der Waals surface area (Å²) in [5.74, 6) is 0. The summed E-state index contributed by atoms with van der Waals surface area (Å²) in [5.41, 5.74) is 2.55. The molecular formula is C17H20BrNOS. The molecule has 0 heterocycles. The fraction of sp³-hybridized carbons (Fsp3) is 0.294. The van der Waals surface area contributed by atoms with Gasteiger partial charge in [-0.1, -0.05) is 51.5 Å². The highest BCUT2D eigenvalue weighted by molar-refractivity contribution is 9.10. The predicted molar refractivity (Wildman–Crippen MR) is 93.0 cm³/mol. The molecule has 2 aromatic rings. The van der Waals surface area contributed by atoms with Crippen molar-refractivity contribution in [3.63, 3.8) is 0 Å². The molecule has 0 atom stereocenters. The first kappa shape index (κ1) is 16.6.